The molecule has 0 bridgehead atoms. The molecule has 38 heavy (non-hydrogen) atoms. The van der Waals surface area contributed by atoms with Crippen LogP contribution < -0.4 is 9.62 Å². The molecule has 0 aliphatic heterocycles. The Labute approximate surface area is 223 Å². The molecule has 0 aromatic heterocycles. The van der Waals surface area contributed by atoms with E-state index in [2.05, 4.69) is 5.32 Å². The molecule has 0 fully saturated rings. The van der Waals surface area contributed by atoms with Crippen LogP contribution in [0.25, 0.3) is 0 Å². The van der Waals surface area contributed by atoms with Crippen LogP contribution in [0.4, 0.5) is 18.9 Å². The van der Waals surface area contributed by atoms with E-state index in [1.165, 1.54) is 11.0 Å². The van der Waals surface area contributed by atoms with Crippen molar-refractivity contribution in [3.8, 4) is 0 Å². The van der Waals surface area contributed by atoms with Gasteiger partial charge in [0, 0.05) is 26.1 Å². The second-order valence-electron chi connectivity index (χ2n) is 9.56. The van der Waals surface area contributed by atoms with Crippen molar-refractivity contribution in [1.29, 1.82) is 0 Å². The Morgan fingerprint density at radius 1 is 1.03 bits per heavy atom. The molecule has 7 nitrogen and oxygen atoms in total. The summed E-state index contributed by atoms with van der Waals surface area (Å²) in [6.45, 7) is 6.20. The zero-order valence-corrected chi connectivity index (χ0v) is 23.0. The number of carbonyl (C=O) groups is 2. The monoisotopic (exact) mass is 555 g/mol. The normalized spacial score (nSPS) is 12.7. The Kier molecular flexibility index (Phi) is 11.2. The molecule has 2 aromatic carbocycles. The van der Waals surface area contributed by atoms with E-state index < -0.39 is 27.8 Å². The summed E-state index contributed by atoms with van der Waals surface area (Å²) in [7, 11) is -3.92. The van der Waals surface area contributed by atoms with Crippen molar-refractivity contribution in [3.05, 3.63) is 65.7 Å². The molecule has 0 saturated carbocycles. The van der Waals surface area contributed by atoms with Gasteiger partial charge in [0.25, 0.3) is 0 Å². The van der Waals surface area contributed by atoms with Crippen molar-refractivity contribution in [3.63, 3.8) is 0 Å². The maximum Gasteiger partial charge on any atom is 0.416 e. The molecule has 0 spiro atoms. The van der Waals surface area contributed by atoms with Crippen LogP contribution in [-0.2, 0) is 32.3 Å². The molecule has 2 rings (SSSR count). The van der Waals surface area contributed by atoms with Crippen LogP contribution in [0.5, 0.6) is 0 Å². The number of hydrogen-bond donors (Lipinski definition) is 1. The minimum Gasteiger partial charge on any atom is -0.354 e. The number of nitrogens with zero attached hydrogens (tertiary/aromatic N) is 2. The summed E-state index contributed by atoms with van der Waals surface area (Å²) < 4.78 is 65.2. The highest BCUT2D eigenvalue weighted by atomic mass is 32.2. The summed E-state index contributed by atoms with van der Waals surface area (Å²) >= 11 is 0. The first-order chi connectivity index (χ1) is 17.7. The second kappa shape index (κ2) is 13.6. The van der Waals surface area contributed by atoms with Crippen molar-refractivity contribution in [2.75, 3.05) is 23.7 Å². The van der Waals surface area contributed by atoms with Gasteiger partial charge in [0.05, 0.1) is 17.5 Å². The van der Waals surface area contributed by atoms with Crippen LogP contribution in [0.15, 0.2) is 54.6 Å². The van der Waals surface area contributed by atoms with E-state index in [0.29, 0.717) is 13.0 Å². The van der Waals surface area contributed by atoms with Gasteiger partial charge in [-0.3, -0.25) is 13.9 Å². The largest absolute Gasteiger partial charge is 0.416 e. The molecule has 11 heteroatoms. The van der Waals surface area contributed by atoms with Crippen molar-refractivity contribution >= 4 is 27.5 Å². The molecule has 0 saturated heterocycles. The maximum absolute atomic E-state index is 13.4. The van der Waals surface area contributed by atoms with Crippen molar-refractivity contribution in [1.82, 2.24) is 10.2 Å². The molecular formula is C27H36F3N3O4S. The number of nitrogens with one attached hydrogen (secondary N) is 1. The molecule has 0 aliphatic rings. The fourth-order valence-corrected chi connectivity index (χ4v) is 4.92. The predicted molar refractivity (Wildman–Crippen MR) is 142 cm³/mol. The standard InChI is InChI=1S/C27H36F3N3O4S/c1-5-24(26(35)31-18-20(2)3)32(19-21-11-7-6-8-12-21)25(34)15-10-16-33(38(4,36)37)23-14-9-13-22(17-23)27(28,29)30/h6-9,11-14,17,20,24H,5,10,15-16,18-19H2,1-4H3,(H,31,35). The number of benzene rings is 2. The summed E-state index contributed by atoms with van der Waals surface area (Å²) in [5, 5.41) is 2.88. The summed E-state index contributed by atoms with van der Waals surface area (Å²) in [5.74, 6) is -0.391. The molecule has 2 amide bonds. The van der Waals surface area contributed by atoms with E-state index in [0.717, 1.165) is 34.3 Å². The Morgan fingerprint density at radius 3 is 2.24 bits per heavy atom. The van der Waals surface area contributed by atoms with Gasteiger partial charge < -0.3 is 10.2 Å². The topological polar surface area (TPSA) is 86.8 Å². The highest BCUT2D eigenvalue weighted by Crippen LogP contribution is 2.32. The molecule has 2 aromatic rings. The lowest BCUT2D eigenvalue weighted by molar-refractivity contribution is -0.141. The Balaban J connectivity index is 2.22. The first kappa shape index (κ1) is 31.1. The van der Waals surface area contributed by atoms with E-state index in [4.69, 9.17) is 0 Å². The molecule has 0 radical (unpaired) electrons. The summed E-state index contributed by atoms with van der Waals surface area (Å²) in [6.07, 6.45) is -3.38. The lowest BCUT2D eigenvalue weighted by Gasteiger charge is -2.31. The van der Waals surface area contributed by atoms with Crippen molar-refractivity contribution in [2.45, 2.75) is 58.8 Å². The van der Waals surface area contributed by atoms with Gasteiger partial charge in [0.1, 0.15) is 6.04 Å². The highest BCUT2D eigenvalue weighted by molar-refractivity contribution is 7.92. The number of rotatable bonds is 13. The van der Waals surface area contributed by atoms with Crippen LogP contribution in [0, 0.1) is 5.92 Å². The van der Waals surface area contributed by atoms with Gasteiger partial charge in [-0.1, -0.05) is 57.2 Å². The number of carbonyl (C=O) groups excluding carboxylic acids is 2. The SMILES string of the molecule is CCC(C(=O)NCC(C)C)N(Cc1ccccc1)C(=O)CCCN(c1cccc(C(F)(F)F)c1)S(C)(=O)=O. The minimum absolute atomic E-state index is 0.0531. The number of alkyl halides is 3. The molecule has 210 valence electrons. The van der Waals surface area contributed by atoms with Gasteiger partial charge >= 0.3 is 6.18 Å². The lowest BCUT2D eigenvalue weighted by Crippen LogP contribution is -2.49. The van der Waals surface area contributed by atoms with Crippen LogP contribution in [0.3, 0.4) is 0 Å². The second-order valence-corrected chi connectivity index (χ2v) is 11.5. The van der Waals surface area contributed by atoms with Gasteiger partial charge in [-0.25, -0.2) is 8.42 Å². The zero-order valence-electron chi connectivity index (χ0n) is 22.2. The number of sulfonamides is 1. The zero-order chi connectivity index (χ0) is 28.5. The van der Waals surface area contributed by atoms with E-state index in [-0.39, 0.29) is 49.4 Å². The molecular weight excluding hydrogens is 519 g/mol. The van der Waals surface area contributed by atoms with Crippen molar-refractivity contribution < 1.29 is 31.2 Å². The number of hydrogen-bond acceptors (Lipinski definition) is 4. The Bertz CT molecular complexity index is 1170. The molecule has 0 aliphatic carbocycles. The molecule has 1 N–H and O–H groups in total. The number of halogens is 3. The van der Waals surface area contributed by atoms with E-state index >= 15 is 0 Å². The summed E-state index contributed by atoms with van der Waals surface area (Å²) in [4.78, 5) is 27.8. The fourth-order valence-electron chi connectivity index (χ4n) is 3.96. The van der Waals surface area contributed by atoms with E-state index in [1.807, 2.05) is 51.1 Å². The smallest absolute Gasteiger partial charge is 0.354 e. The van der Waals surface area contributed by atoms with E-state index in [1.54, 1.807) is 0 Å². The average Bonchev–Trinajstić information content (AvgIpc) is 2.84. The Hall–Kier alpha value is -3.08. The summed E-state index contributed by atoms with van der Waals surface area (Å²) in [6, 6.07) is 12.5. The molecule has 0 heterocycles. The minimum atomic E-state index is -4.63. The van der Waals surface area contributed by atoms with E-state index in [9.17, 15) is 31.2 Å². The summed E-state index contributed by atoms with van der Waals surface area (Å²) in [5.41, 5.74) is -0.264. The first-order valence-corrected chi connectivity index (χ1v) is 14.3. The van der Waals surface area contributed by atoms with Gasteiger partial charge in [-0.05, 0) is 42.5 Å². The van der Waals surface area contributed by atoms with Crippen LogP contribution >= 0.6 is 0 Å². The highest BCUT2D eigenvalue weighted by Gasteiger charge is 2.32. The van der Waals surface area contributed by atoms with Gasteiger partial charge in [-0.2, -0.15) is 13.2 Å². The molecule has 1 atom stereocenters. The Morgan fingerprint density at radius 2 is 1.68 bits per heavy atom. The van der Waals surface area contributed by atoms with Crippen LogP contribution in [0.2, 0.25) is 0 Å². The lowest BCUT2D eigenvalue weighted by atomic mass is 10.1. The quantitative estimate of drug-likeness (QED) is 0.384. The number of anilines is 1. The van der Waals surface area contributed by atoms with Crippen molar-refractivity contribution in [2.24, 2.45) is 5.92 Å². The predicted octanol–water partition coefficient (Wildman–Crippen LogP) is 4.83. The van der Waals surface area contributed by atoms with Gasteiger partial charge in [-0.15, -0.1) is 0 Å². The van der Waals surface area contributed by atoms with Crippen LogP contribution in [0.1, 0.15) is 51.2 Å². The average molecular weight is 556 g/mol. The van der Waals surface area contributed by atoms with Crippen LogP contribution in [-0.4, -0.2) is 50.5 Å². The number of amides is 2. The van der Waals surface area contributed by atoms with Gasteiger partial charge in [0.2, 0.25) is 21.8 Å². The fraction of sp³-hybridized carbons (Fsp3) is 0.481. The third-order valence-corrected chi connectivity index (χ3v) is 7.07. The first-order valence-electron chi connectivity index (χ1n) is 12.5. The third-order valence-electron chi connectivity index (χ3n) is 5.88. The third kappa shape index (κ3) is 9.34. The van der Waals surface area contributed by atoms with Gasteiger partial charge in [0.15, 0.2) is 0 Å². The maximum atomic E-state index is 13.4. The molecule has 1 unspecified atom stereocenters.